The average molecular weight is 539 g/mol. The number of hydrogen-bond acceptors (Lipinski definition) is 7. The maximum Gasteiger partial charge on any atom is 0.295 e. The Morgan fingerprint density at radius 2 is 1.92 bits per heavy atom. The number of imidazole rings is 1. The predicted octanol–water partition coefficient (Wildman–Crippen LogP) is 5.75. The monoisotopic (exact) mass is 538 g/mol. The zero-order chi connectivity index (χ0) is 26.9. The Morgan fingerprint density at radius 1 is 1.11 bits per heavy atom. The van der Waals surface area contributed by atoms with Crippen LogP contribution in [0.5, 0.6) is 0 Å². The summed E-state index contributed by atoms with van der Waals surface area (Å²) in [6.07, 6.45) is -0.0437. The molecule has 1 fully saturated rings. The van der Waals surface area contributed by atoms with Crippen LogP contribution in [0.3, 0.4) is 0 Å². The van der Waals surface area contributed by atoms with Crippen molar-refractivity contribution < 1.29 is 21.9 Å². The van der Waals surface area contributed by atoms with E-state index < -0.39 is 28.3 Å². The number of nitrogens with zero attached hydrogens (tertiary/aromatic N) is 5. The van der Waals surface area contributed by atoms with Gasteiger partial charge in [0.1, 0.15) is 17.4 Å². The van der Waals surface area contributed by atoms with Crippen LogP contribution in [0.25, 0.3) is 16.0 Å². The summed E-state index contributed by atoms with van der Waals surface area (Å²) in [5.74, 6) is -0.242. The molecule has 3 aromatic heterocycles. The molecule has 1 aliphatic rings. The number of halogens is 2. The fraction of sp³-hybridized carbons (Fsp3) is 0.308. The molecular formula is C26H24F2N6O3S. The van der Waals surface area contributed by atoms with E-state index in [0.717, 1.165) is 19.1 Å². The van der Waals surface area contributed by atoms with Crippen molar-refractivity contribution in [1.29, 1.82) is 0 Å². The van der Waals surface area contributed by atoms with Gasteiger partial charge in [-0.25, -0.2) is 27.2 Å². The molecule has 5 rings (SSSR count). The van der Waals surface area contributed by atoms with Crippen LogP contribution < -0.4 is 5.32 Å². The number of anilines is 2. The normalized spacial score (nSPS) is 16.0. The highest BCUT2D eigenvalue weighted by molar-refractivity contribution is 7.90. The van der Waals surface area contributed by atoms with Gasteiger partial charge in [0.05, 0.1) is 28.4 Å². The zero-order valence-electron chi connectivity index (χ0n) is 20.4. The van der Waals surface area contributed by atoms with Crippen LogP contribution >= 0.6 is 0 Å². The minimum Gasteiger partial charge on any atom is -0.361 e. The lowest BCUT2D eigenvalue weighted by Gasteiger charge is -2.25. The number of ether oxygens (including phenoxy) is 1. The molecule has 9 nitrogen and oxygen atoms in total. The molecule has 1 atom stereocenters. The summed E-state index contributed by atoms with van der Waals surface area (Å²) in [6.45, 7) is 7.67. The lowest BCUT2D eigenvalue weighted by Crippen LogP contribution is -2.20. The van der Waals surface area contributed by atoms with Gasteiger partial charge in [0.15, 0.2) is 21.3 Å². The Balaban J connectivity index is 1.70. The van der Waals surface area contributed by atoms with E-state index in [-0.39, 0.29) is 34.0 Å². The van der Waals surface area contributed by atoms with E-state index in [4.69, 9.17) is 11.3 Å². The van der Waals surface area contributed by atoms with E-state index in [9.17, 15) is 17.2 Å². The first-order chi connectivity index (χ1) is 18.2. The minimum atomic E-state index is -3.59. The molecule has 196 valence electrons. The van der Waals surface area contributed by atoms with Crippen molar-refractivity contribution in [3.63, 3.8) is 0 Å². The van der Waals surface area contributed by atoms with Gasteiger partial charge in [0.2, 0.25) is 0 Å². The van der Waals surface area contributed by atoms with E-state index in [0.29, 0.717) is 30.1 Å². The van der Waals surface area contributed by atoms with Crippen molar-refractivity contribution in [2.24, 2.45) is 0 Å². The van der Waals surface area contributed by atoms with Crippen molar-refractivity contribution in [2.75, 3.05) is 18.2 Å². The maximum absolute atomic E-state index is 14.2. The van der Waals surface area contributed by atoms with Crippen LogP contribution in [-0.4, -0.2) is 40.8 Å². The van der Waals surface area contributed by atoms with E-state index in [1.807, 2.05) is 0 Å². The molecule has 0 radical (unpaired) electrons. The third-order valence-electron chi connectivity index (χ3n) is 6.19. The quantitative estimate of drug-likeness (QED) is 0.299. The summed E-state index contributed by atoms with van der Waals surface area (Å²) in [6, 6.07) is 13.0. The molecule has 0 saturated carbocycles. The van der Waals surface area contributed by atoms with E-state index in [1.165, 1.54) is 10.6 Å². The van der Waals surface area contributed by atoms with Crippen LogP contribution in [0, 0.1) is 6.57 Å². The van der Waals surface area contributed by atoms with Gasteiger partial charge in [0, 0.05) is 12.9 Å². The molecule has 4 heterocycles. The second-order valence-corrected chi connectivity index (χ2v) is 10.9. The zero-order valence-corrected chi connectivity index (χ0v) is 21.3. The molecule has 0 amide bonds. The van der Waals surface area contributed by atoms with Crippen molar-refractivity contribution >= 4 is 38.2 Å². The van der Waals surface area contributed by atoms with Gasteiger partial charge in [-0.2, -0.15) is 0 Å². The van der Waals surface area contributed by atoms with Crippen molar-refractivity contribution in [3.8, 4) is 0 Å². The third kappa shape index (κ3) is 5.20. The van der Waals surface area contributed by atoms with Gasteiger partial charge >= 0.3 is 0 Å². The number of hydrogen-bond donors (Lipinski definition) is 1. The molecule has 4 aromatic rings. The van der Waals surface area contributed by atoms with Crippen LogP contribution in [0.4, 0.5) is 26.0 Å². The van der Waals surface area contributed by atoms with Crippen molar-refractivity contribution in [2.45, 2.75) is 43.2 Å². The molecule has 0 spiro atoms. The fourth-order valence-corrected chi connectivity index (χ4v) is 5.38. The highest BCUT2D eigenvalue weighted by Crippen LogP contribution is 2.36. The molecule has 38 heavy (non-hydrogen) atoms. The predicted molar refractivity (Wildman–Crippen MR) is 137 cm³/mol. The molecule has 1 N–H and O–H groups in total. The Kier molecular flexibility index (Phi) is 7.05. The second-order valence-electron chi connectivity index (χ2n) is 8.96. The smallest absolute Gasteiger partial charge is 0.295 e. The number of pyridine rings is 2. The number of aromatic nitrogens is 4. The second kappa shape index (κ2) is 10.4. The van der Waals surface area contributed by atoms with Crippen molar-refractivity contribution in [1.82, 2.24) is 19.5 Å². The van der Waals surface area contributed by atoms with Gasteiger partial charge < -0.3 is 14.9 Å². The molecule has 12 heteroatoms. The van der Waals surface area contributed by atoms with Gasteiger partial charge in [-0.3, -0.25) is 4.57 Å². The first-order valence-electron chi connectivity index (χ1n) is 12.0. The largest absolute Gasteiger partial charge is 0.361 e. The highest BCUT2D eigenvalue weighted by Gasteiger charge is 2.29. The average Bonchev–Trinajstić information content (AvgIpc) is 3.29. The van der Waals surface area contributed by atoms with Crippen LogP contribution in [0.2, 0.25) is 0 Å². The number of fused-ring (bicyclic) bond motifs is 1. The summed E-state index contributed by atoms with van der Waals surface area (Å²) in [4.78, 5) is 16.7. The van der Waals surface area contributed by atoms with E-state index >= 15 is 0 Å². The molecular weight excluding hydrogens is 514 g/mol. The summed E-state index contributed by atoms with van der Waals surface area (Å²) in [5.41, 5.74) is 2.02. The van der Waals surface area contributed by atoms with Gasteiger partial charge in [-0.15, -0.1) is 4.98 Å². The van der Waals surface area contributed by atoms with E-state index in [1.54, 1.807) is 42.5 Å². The Morgan fingerprint density at radius 3 is 2.63 bits per heavy atom. The lowest BCUT2D eigenvalue weighted by atomic mass is 10.1. The van der Waals surface area contributed by atoms with Gasteiger partial charge in [-0.1, -0.05) is 24.8 Å². The number of benzene rings is 1. The molecule has 0 aliphatic carbocycles. The standard InChI is InChI=1S/C26H24F2N6O3S/c1-29-21-11-7-8-16(30-21)14-17-15-19(32-18-9-3-4-10-20(18)38(2,35)36)23-25(31-17)34(26(33-23)24(27)28)22-12-5-6-13-37-22/h3-4,7-11,15,22,24H,5-6,12-14H2,2H3,(H,31,32). The summed E-state index contributed by atoms with van der Waals surface area (Å²) in [5, 5.41) is 3.10. The molecule has 0 bridgehead atoms. The lowest BCUT2D eigenvalue weighted by molar-refractivity contribution is -0.0363. The number of sulfone groups is 1. The Labute approximate surface area is 218 Å². The van der Waals surface area contributed by atoms with E-state index in [2.05, 4.69) is 25.1 Å². The SMILES string of the molecule is [C-]#[N+]c1cccc(Cc2cc(Nc3ccccc3S(C)(=O)=O)c3nc(C(F)F)n(C4CCCCO4)c3n2)n1. The number of para-hydroxylation sites is 1. The summed E-state index contributed by atoms with van der Waals surface area (Å²) < 4.78 is 60.5. The van der Waals surface area contributed by atoms with Gasteiger partial charge in [-0.05, 0) is 49.6 Å². The van der Waals surface area contributed by atoms with Gasteiger partial charge in [0.25, 0.3) is 12.2 Å². The summed E-state index contributed by atoms with van der Waals surface area (Å²) in [7, 11) is -3.59. The first kappa shape index (κ1) is 25.7. The van der Waals surface area contributed by atoms with Crippen LogP contribution in [0.15, 0.2) is 53.4 Å². The Hall–Kier alpha value is -3.95. The fourth-order valence-electron chi connectivity index (χ4n) is 4.53. The molecule has 1 saturated heterocycles. The highest BCUT2D eigenvalue weighted by atomic mass is 32.2. The number of alkyl halides is 2. The van der Waals surface area contributed by atoms with Crippen LogP contribution in [-0.2, 0) is 21.0 Å². The molecule has 1 aliphatic heterocycles. The first-order valence-corrected chi connectivity index (χ1v) is 13.8. The van der Waals surface area contributed by atoms with Crippen molar-refractivity contribution in [3.05, 3.63) is 77.2 Å². The maximum atomic E-state index is 14.2. The number of rotatable bonds is 7. The molecule has 1 aromatic carbocycles. The Bertz CT molecular complexity index is 1640. The van der Waals surface area contributed by atoms with Crippen LogP contribution in [0.1, 0.15) is 49.1 Å². The minimum absolute atomic E-state index is 0.0575. The third-order valence-corrected chi connectivity index (χ3v) is 7.35. The molecule has 1 unspecified atom stereocenters. The number of nitrogens with one attached hydrogen (secondary N) is 1. The summed E-state index contributed by atoms with van der Waals surface area (Å²) >= 11 is 0. The topological polar surface area (TPSA) is 103 Å².